The van der Waals surface area contributed by atoms with E-state index in [9.17, 15) is 4.79 Å². The fourth-order valence-corrected chi connectivity index (χ4v) is 4.71. The van der Waals surface area contributed by atoms with Crippen molar-refractivity contribution in [3.05, 3.63) is 64.6 Å². The fourth-order valence-electron chi connectivity index (χ4n) is 4.11. The Labute approximate surface area is 185 Å². The number of hydrogen-bond donors (Lipinski definition) is 2. The van der Waals surface area contributed by atoms with E-state index in [-0.39, 0.29) is 11.8 Å². The van der Waals surface area contributed by atoms with Crippen molar-refractivity contribution < 1.29 is 4.79 Å². The van der Waals surface area contributed by atoms with Crippen molar-refractivity contribution in [3.63, 3.8) is 0 Å². The van der Waals surface area contributed by atoms with Gasteiger partial charge in [0.05, 0.1) is 21.7 Å². The van der Waals surface area contributed by atoms with Crippen molar-refractivity contribution in [2.45, 2.75) is 26.3 Å². The number of fused-ring (bicyclic) bond motifs is 1. The maximum Gasteiger partial charge on any atom is 0.227 e. The van der Waals surface area contributed by atoms with E-state index in [1.807, 2.05) is 55.5 Å². The van der Waals surface area contributed by atoms with Crippen LogP contribution in [-0.4, -0.2) is 38.8 Å². The van der Waals surface area contributed by atoms with E-state index in [1.165, 1.54) is 0 Å². The van der Waals surface area contributed by atoms with Gasteiger partial charge in [0.15, 0.2) is 0 Å². The minimum absolute atomic E-state index is 0.0588. The van der Waals surface area contributed by atoms with E-state index in [0.717, 1.165) is 71.3 Å². The molecule has 2 N–H and O–H groups in total. The van der Waals surface area contributed by atoms with Crippen molar-refractivity contribution in [2.24, 2.45) is 5.92 Å². The number of amides is 1. The number of aromatic nitrogens is 3. The van der Waals surface area contributed by atoms with Gasteiger partial charge in [-0.3, -0.25) is 9.69 Å². The lowest BCUT2D eigenvalue weighted by Crippen LogP contribution is -2.37. The number of anilines is 1. The van der Waals surface area contributed by atoms with Gasteiger partial charge in [0.2, 0.25) is 5.91 Å². The first-order valence-electron chi connectivity index (χ1n) is 10.6. The third-order valence-corrected chi connectivity index (χ3v) is 6.65. The molecule has 31 heavy (non-hydrogen) atoms. The number of carbonyl (C=O) groups is 1. The van der Waals surface area contributed by atoms with E-state index in [0.29, 0.717) is 0 Å². The number of H-pyrrole nitrogens is 1. The molecule has 2 aromatic heterocycles. The van der Waals surface area contributed by atoms with Crippen molar-refractivity contribution in [1.82, 2.24) is 19.9 Å². The van der Waals surface area contributed by atoms with Crippen LogP contribution in [0.2, 0.25) is 0 Å². The molecule has 0 atom stereocenters. The lowest BCUT2D eigenvalue weighted by molar-refractivity contribution is -0.121. The highest BCUT2D eigenvalue weighted by Gasteiger charge is 2.25. The second kappa shape index (κ2) is 8.61. The Morgan fingerprint density at radius 2 is 1.90 bits per heavy atom. The van der Waals surface area contributed by atoms with E-state index in [4.69, 9.17) is 0 Å². The molecule has 0 aliphatic carbocycles. The number of imidazole rings is 1. The Kier molecular flexibility index (Phi) is 5.53. The number of aromatic amines is 1. The summed E-state index contributed by atoms with van der Waals surface area (Å²) in [6, 6.07) is 15.9. The maximum absolute atomic E-state index is 12.7. The largest absolute Gasteiger partial charge is 0.338 e. The standard InChI is InChI=1S/C24H25N5OS/c1-16-25-20(15-31-16)14-29-12-10-18(11-13-29)24(30)26-19-8-6-17(7-9-19)23-27-21-4-2-3-5-22(21)28-23/h2-9,15,18H,10-14H2,1H3,(H,26,30)(H,27,28). The van der Waals surface area contributed by atoms with Gasteiger partial charge in [-0.25, -0.2) is 9.97 Å². The summed E-state index contributed by atoms with van der Waals surface area (Å²) in [5.41, 5.74) is 4.93. The monoisotopic (exact) mass is 431 g/mol. The number of carbonyl (C=O) groups excluding carboxylic acids is 1. The zero-order chi connectivity index (χ0) is 21.2. The number of likely N-dealkylation sites (tertiary alicyclic amines) is 1. The van der Waals surface area contributed by atoms with Gasteiger partial charge in [0, 0.05) is 29.1 Å². The minimum Gasteiger partial charge on any atom is -0.338 e. The number of rotatable bonds is 5. The highest BCUT2D eigenvalue weighted by atomic mass is 32.1. The second-order valence-corrected chi connectivity index (χ2v) is 9.14. The molecule has 0 unspecified atom stereocenters. The molecule has 0 radical (unpaired) electrons. The normalized spacial score (nSPS) is 15.4. The van der Waals surface area contributed by atoms with Gasteiger partial charge < -0.3 is 10.3 Å². The molecule has 6 nitrogen and oxygen atoms in total. The van der Waals surface area contributed by atoms with Crippen molar-refractivity contribution in [1.29, 1.82) is 0 Å². The average molecular weight is 432 g/mol. The lowest BCUT2D eigenvalue weighted by Gasteiger charge is -2.30. The van der Waals surface area contributed by atoms with Crippen molar-refractivity contribution >= 4 is 34.0 Å². The highest BCUT2D eigenvalue weighted by molar-refractivity contribution is 7.09. The molecule has 0 saturated carbocycles. The van der Waals surface area contributed by atoms with Crippen LogP contribution in [0.25, 0.3) is 22.4 Å². The topological polar surface area (TPSA) is 73.9 Å². The number of nitrogens with one attached hydrogen (secondary N) is 2. The summed E-state index contributed by atoms with van der Waals surface area (Å²) in [7, 11) is 0. The van der Waals surface area contributed by atoms with Crippen LogP contribution in [0.5, 0.6) is 0 Å². The Hall–Kier alpha value is -3.03. The van der Waals surface area contributed by atoms with E-state index in [2.05, 4.69) is 30.5 Å². The van der Waals surface area contributed by atoms with Crippen LogP contribution in [0.4, 0.5) is 5.69 Å². The molecule has 3 heterocycles. The smallest absolute Gasteiger partial charge is 0.227 e. The maximum atomic E-state index is 12.7. The SMILES string of the molecule is Cc1nc(CN2CCC(C(=O)Nc3ccc(-c4nc5ccccc5[nH]4)cc3)CC2)cs1. The van der Waals surface area contributed by atoms with Gasteiger partial charge in [-0.05, 0) is 69.3 Å². The average Bonchev–Trinajstić information content (AvgIpc) is 3.40. The Morgan fingerprint density at radius 3 is 2.61 bits per heavy atom. The molecule has 1 aliphatic heterocycles. The van der Waals surface area contributed by atoms with Gasteiger partial charge in [-0.2, -0.15) is 0 Å². The summed E-state index contributed by atoms with van der Waals surface area (Å²) in [5, 5.41) is 6.32. The molecular formula is C24H25N5OS. The van der Waals surface area contributed by atoms with Crippen molar-refractivity contribution in [3.8, 4) is 11.4 Å². The first kappa shape index (κ1) is 19.9. The van der Waals surface area contributed by atoms with Gasteiger partial charge >= 0.3 is 0 Å². The first-order valence-corrected chi connectivity index (χ1v) is 11.5. The minimum atomic E-state index is 0.0588. The second-order valence-electron chi connectivity index (χ2n) is 8.08. The Bertz CT molecular complexity index is 1160. The number of benzene rings is 2. The number of thiazole rings is 1. The number of para-hydroxylation sites is 2. The molecule has 1 fully saturated rings. The van der Waals surface area contributed by atoms with Crippen LogP contribution in [0, 0.1) is 12.8 Å². The predicted octanol–water partition coefficient (Wildman–Crippen LogP) is 4.85. The molecule has 2 aromatic carbocycles. The fraction of sp³-hybridized carbons (Fsp3) is 0.292. The molecule has 1 amide bonds. The van der Waals surface area contributed by atoms with Crippen LogP contribution >= 0.6 is 11.3 Å². The first-order chi connectivity index (χ1) is 15.1. The van der Waals surface area contributed by atoms with Crippen LogP contribution in [0.3, 0.4) is 0 Å². The number of piperidine rings is 1. The van der Waals surface area contributed by atoms with E-state index >= 15 is 0 Å². The quantitative estimate of drug-likeness (QED) is 0.474. The van der Waals surface area contributed by atoms with Gasteiger partial charge in [0.1, 0.15) is 5.82 Å². The van der Waals surface area contributed by atoms with Crippen molar-refractivity contribution in [2.75, 3.05) is 18.4 Å². The summed E-state index contributed by atoms with van der Waals surface area (Å²) >= 11 is 1.69. The van der Waals surface area contributed by atoms with Crippen LogP contribution in [0.1, 0.15) is 23.5 Å². The molecule has 1 aliphatic rings. The number of hydrogen-bond acceptors (Lipinski definition) is 5. The molecule has 5 rings (SSSR count). The van der Waals surface area contributed by atoms with Crippen LogP contribution in [-0.2, 0) is 11.3 Å². The Morgan fingerprint density at radius 1 is 1.13 bits per heavy atom. The molecule has 158 valence electrons. The number of aryl methyl sites for hydroxylation is 1. The number of nitrogens with zero attached hydrogens (tertiary/aromatic N) is 3. The molecule has 1 saturated heterocycles. The predicted molar refractivity (Wildman–Crippen MR) is 125 cm³/mol. The summed E-state index contributed by atoms with van der Waals surface area (Å²) in [6.07, 6.45) is 1.76. The van der Waals surface area contributed by atoms with Gasteiger partial charge in [0.25, 0.3) is 0 Å². The molecule has 0 bridgehead atoms. The summed E-state index contributed by atoms with van der Waals surface area (Å²) in [4.78, 5) is 27.7. The van der Waals surface area contributed by atoms with Crippen LogP contribution in [0.15, 0.2) is 53.9 Å². The van der Waals surface area contributed by atoms with Gasteiger partial charge in [-0.1, -0.05) is 12.1 Å². The lowest BCUT2D eigenvalue weighted by atomic mass is 9.95. The third-order valence-electron chi connectivity index (χ3n) is 5.83. The molecule has 4 aromatic rings. The molecule has 7 heteroatoms. The van der Waals surface area contributed by atoms with E-state index < -0.39 is 0 Å². The molecular weight excluding hydrogens is 406 g/mol. The zero-order valence-corrected chi connectivity index (χ0v) is 18.3. The summed E-state index contributed by atoms with van der Waals surface area (Å²) in [6.45, 7) is 4.77. The Balaban J connectivity index is 1.16. The third kappa shape index (κ3) is 4.52. The van der Waals surface area contributed by atoms with E-state index in [1.54, 1.807) is 11.3 Å². The summed E-state index contributed by atoms with van der Waals surface area (Å²) in [5.74, 6) is 1.01. The van der Waals surface area contributed by atoms with Gasteiger partial charge in [-0.15, -0.1) is 11.3 Å². The summed E-state index contributed by atoms with van der Waals surface area (Å²) < 4.78 is 0. The molecule has 0 spiro atoms. The van der Waals surface area contributed by atoms with Crippen LogP contribution < -0.4 is 5.32 Å². The highest BCUT2D eigenvalue weighted by Crippen LogP contribution is 2.24. The zero-order valence-electron chi connectivity index (χ0n) is 17.5.